The van der Waals surface area contributed by atoms with E-state index in [1.807, 2.05) is 38.1 Å². The summed E-state index contributed by atoms with van der Waals surface area (Å²) < 4.78 is 25.9. The standard InChI is InChI=1S/C24H32ClN3O4S/c1-5-26-24(30)19(3)27(17-20-10-6-9-18(2)15-20)23(29)13-8-14-28(33(4,31)32)22-12-7-11-21(25)16-22/h6-7,9-12,15-16,19H,5,8,13-14,17H2,1-4H3,(H,26,30)/t19-/m0/s1. The molecule has 0 aromatic heterocycles. The van der Waals surface area contributed by atoms with E-state index in [-0.39, 0.29) is 24.8 Å². The molecule has 0 heterocycles. The van der Waals surface area contributed by atoms with E-state index >= 15 is 0 Å². The molecule has 0 fully saturated rings. The normalized spacial score (nSPS) is 12.2. The molecule has 0 aliphatic heterocycles. The number of carbonyl (C=O) groups is 2. The van der Waals surface area contributed by atoms with Gasteiger partial charge in [-0.3, -0.25) is 13.9 Å². The van der Waals surface area contributed by atoms with Crippen LogP contribution in [0.1, 0.15) is 37.8 Å². The first-order chi connectivity index (χ1) is 15.5. The first-order valence-corrected chi connectivity index (χ1v) is 13.1. The van der Waals surface area contributed by atoms with Crippen molar-refractivity contribution < 1.29 is 18.0 Å². The van der Waals surface area contributed by atoms with Crippen LogP contribution < -0.4 is 9.62 Å². The number of benzene rings is 2. The van der Waals surface area contributed by atoms with Gasteiger partial charge in [-0.25, -0.2) is 8.42 Å². The van der Waals surface area contributed by atoms with Crippen LogP contribution in [0.4, 0.5) is 5.69 Å². The Morgan fingerprint density at radius 3 is 2.42 bits per heavy atom. The number of nitrogens with zero attached hydrogens (tertiary/aromatic N) is 2. The lowest BCUT2D eigenvalue weighted by molar-refractivity contribution is -0.140. The van der Waals surface area contributed by atoms with Gasteiger partial charge in [0.15, 0.2) is 0 Å². The van der Waals surface area contributed by atoms with Crippen molar-refractivity contribution in [2.75, 3.05) is 23.7 Å². The number of rotatable bonds is 11. The zero-order chi connectivity index (χ0) is 24.6. The summed E-state index contributed by atoms with van der Waals surface area (Å²) >= 11 is 6.02. The molecule has 0 aliphatic rings. The average molecular weight is 494 g/mol. The second-order valence-corrected chi connectivity index (χ2v) is 10.3. The van der Waals surface area contributed by atoms with Crippen molar-refractivity contribution in [1.82, 2.24) is 10.2 Å². The Morgan fingerprint density at radius 1 is 1.12 bits per heavy atom. The largest absolute Gasteiger partial charge is 0.355 e. The number of carbonyl (C=O) groups excluding carboxylic acids is 2. The van der Waals surface area contributed by atoms with Gasteiger partial charge >= 0.3 is 0 Å². The van der Waals surface area contributed by atoms with Gasteiger partial charge in [0.2, 0.25) is 21.8 Å². The minimum atomic E-state index is -3.56. The van der Waals surface area contributed by atoms with E-state index in [1.54, 1.807) is 36.1 Å². The minimum absolute atomic E-state index is 0.0994. The van der Waals surface area contributed by atoms with Crippen molar-refractivity contribution in [3.05, 3.63) is 64.7 Å². The molecule has 2 rings (SSSR count). The van der Waals surface area contributed by atoms with Crippen LogP contribution >= 0.6 is 11.6 Å². The predicted octanol–water partition coefficient (Wildman–Crippen LogP) is 3.75. The van der Waals surface area contributed by atoms with Gasteiger partial charge in [0, 0.05) is 31.1 Å². The lowest BCUT2D eigenvalue weighted by Gasteiger charge is -2.29. The van der Waals surface area contributed by atoms with Crippen LogP contribution in [0.3, 0.4) is 0 Å². The third-order valence-corrected chi connectivity index (χ3v) is 6.63. The number of likely N-dealkylation sites (N-methyl/N-ethyl adjacent to an activating group) is 1. The van der Waals surface area contributed by atoms with E-state index in [0.29, 0.717) is 30.2 Å². The molecule has 2 aromatic rings. The van der Waals surface area contributed by atoms with Crippen molar-refractivity contribution in [1.29, 1.82) is 0 Å². The molecule has 0 unspecified atom stereocenters. The molecule has 2 amide bonds. The number of sulfonamides is 1. The van der Waals surface area contributed by atoms with Crippen molar-refractivity contribution in [3.8, 4) is 0 Å². The number of hydrogen-bond donors (Lipinski definition) is 1. The Kier molecular flexibility index (Phi) is 9.73. The molecule has 9 heteroatoms. The Bertz CT molecular complexity index is 1070. The van der Waals surface area contributed by atoms with Gasteiger partial charge in [0.1, 0.15) is 6.04 Å². The topological polar surface area (TPSA) is 86.8 Å². The fourth-order valence-electron chi connectivity index (χ4n) is 3.55. The zero-order valence-electron chi connectivity index (χ0n) is 19.5. The monoisotopic (exact) mass is 493 g/mol. The van der Waals surface area contributed by atoms with Crippen molar-refractivity contribution in [2.45, 2.75) is 46.2 Å². The van der Waals surface area contributed by atoms with Gasteiger partial charge in [-0.1, -0.05) is 47.5 Å². The van der Waals surface area contributed by atoms with Crippen molar-refractivity contribution >= 4 is 39.1 Å². The summed E-state index contributed by atoms with van der Waals surface area (Å²) in [4.78, 5) is 27.2. The number of amides is 2. The molecule has 0 saturated heterocycles. The Morgan fingerprint density at radius 2 is 1.82 bits per heavy atom. The molecule has 33 heavy (non-hydrogen) atoms. The van der Waals surface area contributed by atoms with E-state index in [0.717, 1.165) is 17.4 Å². The van der Waals surface area contributed by atoms with E-state index in [4.69, 9.17) is 11.6 Å². The fourth-order valence-corrected chi connectivity index (χ4v) is 4.69. The summed E-state index contributed by atoms with van der Waals surface area (Å²) in [5.74, 6) is -0.440. The molecule has 0 radical (unpaired) electrons. The van der Waals surface area contributed by atoms with Gasteiger partial charge in [-0.15, -0.1) is 0 Å². The molecular weight excluding hydrogens is 462 g/mol. The Labute approximate surface area is 201 Å². The van der Waals surface area contributed by atoms with Crippen LogP contribution in [0, 0.1) is 6.92 Å². The van der Waals surface area contributed by atoms with Crippen molar-refractivity contribution in [3.63, 3.8) is 0 Å². The molecule has 7 nitrogen and oxygen atoms in total. The third kappa shape index (κ3) is 8.05. The molecule has 0 spiro atoms. The van der Waals surface area contributed by atoms with Gasteiger partial charge in [-0.2, -0.15) is 0 Å². The molecule has 0 bridgehead atoms. The maximum atomic E-state index is 13.2. The minimum Gasteiger partial charge on any atom is -0.355 e. The van der Waals surface area contributed by atoms with E-state index < -0.39 is 16.1 Å². The number of aryl methyl sites for hydroxylation is 1. The number of halogens is 1. The third-order valence-electron chi connectivity index (χ3n) is 5.20. The smallest absolute Gasteiger partial charge is 0.242 e. The van der Waals surface area contributed by atoms with Crippen LogP contribution in [-0.4, -0.2) is 50.5 Å². The summed E-state index contributed by atoms with van der Waals surface area (Å²) in [6.07, 6.45) is 1.52. The van der Waals surface area contributed by atoms with Gasteiger partial charge < -0.3 is 10.2 Å². The summed E-state index contributed by atoms with van der Waals surface area (Å²) in [5, 5.41) is 3.19. The first kappa shape index (κ1) is 26.7. The molecule has 1 N–H and O–H groups in total. The molecular formula is C24H32ClN3O4S. The van der Waals surface area contributed by atoms with Crippen LogP contribution in [0.2, 0.25) is 5.02 Å². The predicted molar refractivity (Wildman–Crippen MR) is 133 cm³/mol. The molecule has 180 valence electrons. The fraction of sp³-hybridized carbons (Fsp3) is 0.417. The van der Waals surface area contributed by atoms with E-state index in [2.05, 4.69) is 5.32 Å². The molecule has 0 saturated carbocycles. The highest BCUT2D eigenvalue weighted by atomic mass is 35.5. The van der Waals surface area contributed by atoms with Gasteiger partial charge in [0.05, 0.1) is 11.9 Å². The average Bonchev–Trinajstić information content (AvgIpc) is 2.73. The second kappa shape index (κ2) is 12.0. The lowest BCUT2D eigenvalue weighted by atomic mass is 10.1. The molecule has 1 atom stereocenters. The molecule has 0 aliphatic carbocycles. The van der Waals surface area contributed by atoms with E-state index in [1.165, 1.54) is 4.31 Å². The first-order valence-electron chi connectivity index (χ1n) is 10.9. The lowest BCUT2D eigenvalue weighted by Crippen LogP contribution is -2.47. The number of nitrogens with one attached hydrogen (secondary N) is 1. The highest BCUT2D eigenvalue weighted by Crippen LogP contribution is 2.22. The summed E-state index contributed by atoms with van der Waals surface area (Å²) in [6.45, 7) is 6.39. The number of anilines is 1. The van der Waals surface area contributed by atoms with Gasteiger partial charge in [-0.05, 0) is 51.0 Å². The second-order valence-electron chi connectivity index (χ2n) is 8.00. The quantitative estimate of drug-likeness (QED) is 0.516. The van der Waals surface area contributed by atoms with Crippen LogP contribution in [0.15, 0.2) is 48.5 Å². The maximum Gasteiger partial charge on any atom is 0.242 e. The maximum absolute atomic E-state index is 13.2. The zero-order valence-corrected chi connectivity index (χ0v) is 21.1. The van der Waals surface area contributed by atoms with Crippen LogP contribution in [0.5, 0.6) is 0 Å². The van der Waals surface area contributed by atoms with Crippen molar-refractivity contribution in [2.24, 2.45) is 0 Å². The Hall–Kier alpha value is -2.58. The summed E-state index contributed by atoms with van der Waals surface area (Å²) in [5.41, 5.74) is 2.44. The van der Waals surface area contributed by atoms with Crippen LogP contribution in [0.25, 0.3) is 0 Å². The Balaban J connectivity index is 2.15. The highest BCUT2D eigenvalue weighted by molar-refractivity contribution is 7.92. The summed E-state index contributed by atoms with van der Waals surface area (Å²) in [7, 11) is -3.56. The summed E-state index contributed by atoms with van der Waals surface area (Å²) in [6, 6.07) is 13.7. The number of hydrogen-bond acceptors (Lipinski definition) is 4. The highest BCUT2D eigenvalue weighted by Gasteiger charge is 2.26. The van der Waals surface area contributed by atoms with E-state index in [9.17, 15) is 18.0 Å². The SMILES string of the molecule is CCNC(=O)[C@H](C)N(Cc1cccc(C)c1)C(=O)CCCN(c1cccc(Cl)c1)S(C)(=O)=O. The molecule has 2 aromatic carbocycles. The van der Waals surface area contributed by atoms with Gasteiger partial charge in [0.25, 0.3) is 0 Å². The van der Waals surface area contributed by atoms with Crippen LogP contribution in [-0.2, 0) is 26.2 Å².